The lowest BCUT2D eigenvalue weighted by Gasteiger charge is -2.10. The van der Waals surface area contributed by atoms with E-state index in [9.17, 15) is 4.79 Å². The van der Waals surface area contributed by atoms with Crippen LogP contribution in [-0.4, -0.2) is 16.9 Å². The average Bonchev–Trinajstić information content (AvgIpc) is 2.17. The van der Waals surface area contributed by atoms with E-state index < -0.39 is 0 Å². The summed E-state index contributed by atoms with van der Waals surface area (Å²) in [5, 5.41) is 3.15. The van der Waals surface area contributed by atoms with Crippen LogP contribution in [-0.2, 0) is 0 Å². The molecule has 0 aliphatic rings. The van der Waals surface area contributed by atoms with E-state index in [0.717, 1.165) is 6.42 Å². The first-order valence-electron chi connectivity index (χ1n) is 4.57. The van der Waals surface area contributed by atoms with E-state index in [0.29, 0.717) is 10.8 Å². The van der Waals surface area contributed by atoms with Crippen molar-refractivity contribution in [2.75, 3.05) is 0 Å². The molecule has 0 saturated heterocycles. The van der Waals surface area contributed by atoms with Crippen molar-refractivity contribution in [3.05, 3.63) is 29.0 Å². The van der Waals surface area contributed by atoms with Crippen LogP contribution >= 0.6 is 11.6 Å². The zero-order valence-electron chi connectivity index (χ0n) is 8.25. The summed E-state index contributed by atoms with van der Waals surface area (Å²) in [6, 6.07) is 5.15. The third-order valence-corrected chi connectivity index (χ3v) is 2.15. The molecule has 0 spiro atoms. The van der Waals surface area contributed by atoms with Crippen molar-refractivity contribution < 1.29 is 4.79 Å². The molecule has 1 aromatic rings. The summed E-state index contributed by atoms with van der Waals surface area (Å²) < 4.78 is 0. The van der Waals surface area contributed by atoms with Gasteiger partial charge in [-0.15, -0.1) is 0 Å². The summed E-state index contributed by atoms with van der Waals surface area (Å²) in [5.41, 5.74) is 0.359. The third kappa shape index (κ3) is 3.00. The smallest absolute Gasteiger partial charge is 0.270 e. The molecule has 14 heavy (non-hydrogen) atoms. The van der Waals surface area contributed by atoms with Crippen LogP contribution in [0.4, 0.5) is 0 Å². The number of carbonyl (C=O) groups excluding carboxylic acids is 1. The molecule has 1 aromatic heterocycles. The van der Waals surface area contributed by atoms with E-state index in [-0.39, 0.29) is 11.9 Å². The molecule has 4 heteroatoms. The summed E-state index contributed by atoms with van der Waals surface area (Å²) in [5.74, 6) is -0.179. The molecule has 1 unspecified atom stereocenters. The minimum Gasteiger partial charge on any atom is -0.348 e. The van der Waals surface area contributed by atoms with Crippen LogP contribution < -0.4 is 5.32 Å². The molecule has 0 saturated carbocycles. The third-order valence-electron chi connectivity index (χ3n) is 1.94. The van der Waals surface area contributed by atoms with Gasteiger partial charge in [-0.2, -0.15) is 0 Å². The highest BCUT2D eigenvalue weighted by Crippen LogP contribution is 2.05. The SMILES string of the molecule is CCC(C)NC(=O)c1cccc(Cl)n1. The molecule has 0 aliphatic carbocycles. The summed E-state index contributed by atoms with van der Waals surface area (Å²) in [6.07, 6.45) is 0.895. The number of hydrogen-bond donors (Lipinski definition) is 1. The second-order valence-corrected chi connectivity index (χ2v) is 3.52. The molecular weight excluding hydrogens is 200 g/mol. The van der Waals surface area contributed by atoms with E-state index in [2.05, 4.69) is 10.3 Å². The van der Waals surface area contributed by atoms with Gasteiger partial charge in [0.05, 0.1) is 0 Å². The Morgan fingerprint density at radius 2 is 2.36 bits per heavy atom. The van der Waals surface area contributed by atoms with Crippen LogP contribution in [0.5, 0.6) is 0 Å². The van der Waals surface area contributed by atoms with Gasteiger partial charge in [-0.05, 0) is 25.5 Å². The maximum atomic E-state index is 11.5. The predicted octanol–water partition coefficient (Wildman–Crippen LogP) is 2.26. The summed E-state index contributed by atoms with van der Waals surface area (Å²) in [6.45, 7) is 3.96. The van der Waals surface area contributed by atoms with Gasteiger partial charge in [0.1, 0.15) is 10.8 Å². The number of pyridine rings is 1. The van der Waals surface area contributed by atoms with Gasteiger partial charge in [0.25, 0.3) is 5.91 Å². The molecule has 0 aliphatic heterocycles. The van der Waals surface area contributed by atoms with Crippen molar-refractivity contribution in [1.82, 2.24) is 10.3 Å². The molecule has 76 valence electrons. The van der Waals surface area contributed by atoms with Crippen molar-refractivity contribution in [1.29, 1.82) is 0 Å². The first-order valence-corrected chi connectivity index (χ1v) is 4.94. The molecule has 0 bridgehead atoms. The van der Waals surface area contributed by atoms with Crippen LogP contribution in [0.25, 0.3) is 0 Å². The molecule has 1 rings (SSSR count). The van der Waals surface area contributed by atoms with Gasteiger partial charge in [-0.3, -0.25) is 4.79 Å². The lowest BCUT2D eigenvalue weighted by molar-refractivity contribution is 0.0934. The quantitative estimate of drug-likeness (QED) is 0.781. The first kappa shape index (κ1) is 11.0. The zero-order valence-corrected chi connectivity index (χ0v) is 9.01. The summed E-state index contributed by atoms with van der Waals surface area (Å²) >= 11 is 5.67. The first-order chi connectivity index (χ1) is 6.63. The lowest BCUT2D eigenvalue weighted by Crippen LogP contribution is -2.32. The monoisotopic (exact) mass is 212 g/mol. The van der Waals surface area contributed by atoms with Gasteiger partial charge in [-0.1, -0.05) is 24.6 Å². The number of aromatic nitrogens is 1. The van der Waals surface area contributed by atoms with Crippen molar-refractivity contribution in [3.63, 3.8) is 0 Å². The minimum absolute atomic E-state index is 0.156. The Bertz CT molecular complexity index is 328. The number of halogens is 1. The summed E-state index contributed by atoms with van der Waals surface area (Å²) in [7, 11) is 0. The van der Waals surface area contributed by atoms with Gasteiger partial charge in [0, 0.05) is 6.04 Å². The van der Waals surface area contributed by atoms with Gasteiger partial charge >= 0.3 is 0 Å². The van der Waals surface area contributed by atoms with Crippen LogP contribution in [0.2, 0.25) is 5.15 Å². The van der Waals surface area contributed by atoms with Crippen LogP contribution in [0, 0.1) is 0 Å². The van der Waals surface area contributed by atoms with Crippen molar-refractivity contribution in [2.45, 2.75) is 26.3 Å². The Hall–Kier alpha value is -1.09. The molecule has 1 N–H and O–H groups in total. The molecule has 1 amide bonds. The van der Waals surface area contributed by atoms with E-state index in [1.165, 1.54) is 0 Å². The number of rotatable bonds is 3. The van der Waals surface area contributed by atoms with Crippen LogP contribution in [0.3, 0.4) is 0 Å². The molecule has 1 heterocycles. The standard InChI is InChI=1S/C10H13ClN2O/c1-3-7(2)12-10(14)8-5-4-6-9(11)13-8/h4-7H,3H2,1-2H3,(H,12,14). The fourth-order valence-electron chi connectivity index (χ4n) is 0.935. The minimum atomic E-state index is -0.179. The Labute approximate surface area is 88.5 Å². The van der Waals surface area contributed by atoms with E-state index in [1.807, 2.05) is 13.8 Å². The Morgan fingerprint density at radius 3 is 2.93 bits per heavy atom. The van der Waals surface area contributed by atoms with Gasteiger partial charge in [0.2, 0.25) is 0 Å². The Kier molecular flexibility index (Phi) is 3.89. The van der Waals surface area contributed by atoms with E-state index >= 15 is 0 Å². The number of carbonyl (C=O) groups is 1. The second-order valence-electron chi connectivity index (χ2n) is 3.13. The molecular formula is C10H13ClN2O. The predicted molar refractivity (Wildman–Crippen MR) is 56.5 cm³/mol. The van der Waals surface area contributed by atoms with Crippen molar-refractivity contribution >= 4 is 17.5 Å². The molecule has 0 radical (unpaired) electrons. The van der Waals surface area contributed by atoms with Gasteiger partial charge in [-0.25, -0.2) is 4.98 Å². The highest BCUT2D eigenvalue weighted by atomic mass is 35.5. The fraction of sp³-hybridized carbons (Fsp3) is 0.400. The van der Waals surface area contributed by atoms with Crippen molar-refractivity contribution in [2.24, 2.45) is 0 Å². The number of nitrogens with zero attached hydrogens (tertiary/aromatic N) is 1. The summed E-state index contributed by atoms with van der Waals surface area (Å²) in [4.78, 5) is 15.4. The number of amides is 1. The maximum absolute atomic E-state index is 11.5. The van der Waals surface area contributed by atoms with Gasteiger partial charge < -0.3 is 5.32 Å². The second kappa shape index (κ2) is 4.96. The molecule has 1 atom stereocenters. The fourth-order valence-corrected chi connectivity index (χ4v) is 1.10. The zero-order chi connectivity index (χ0) is 10.6. The average molecular weight is 213 g/mol. The molecule has 3 nitrogen and oxygen atoms in total. The van der Waals surface area contributed by atoms with Crippen molar-refractivity contribution in [3.8, 4) is 0 Å². The van der Waals surface area contributed by atoms with Crippen LogP contribution in [0.1, 0.15) is 30.8 Å². The highest BCUT2D eigenvalue weighted by Gasteiger charge is 2.09. The van der Waals surface area contributed by atoms with Crippen LogP contribution in [0.15, 0.2) is 18.2 Å². The maximum Gasteiger partial charge on any atom is 0.270 e. The number of nitrogens with one attached hydrogen (secondary N) is 1. The Balaban J connectivity index is 2.70. The topological polar surface area (TPSA) is 42.0 Å². The lowest BCUT2D eigenvalue weighted by atomic mass is 10.2. The highest BCUT2D eigenvalue weighted by molar-refractivity contribution is 6.29. The number of hydrogen-bond acceptors (Lipinski definition) is 2. The normalized spacial score (nSPS) is 12.2. The molecule has 0 aromatic carbocycles. The Morgan fingerprint density at radius 1 is 1.64 bits per heavy atom. The van der Waals surface area contributed by atoms with E-state index in [4.69, 9.17) is 11.6 Å². The van der Waals surface area contributed by atoms with Gasteiger partial charge in [0.15, 0.2) is 0 Å². The largest absolute Gasteiger partial charge is 0.348 e. The van der Waals surface area contributed by atoms with E-state index in [1.54, 1.807) is 18.2 Å². The molecule has 0 fully saturated rings.